The fraction of sp³-hybridized carbons (Fsp3) is 0.357. The van der Waals surface area contributed by atoms with E-state index >= 15 is 0 Å². The molecule has 0 saturated carbocycles. The van der Waals surface area contributed by atoms with E-state index in [0.29, 0.717) is 11.1 Å². The van der Waals surface area contributed by atoms with Gasteiger partial charge in [0.1, 0.15) is 24.1 Å². The van der Waals surface area contributed by atoms with Crippen LogP contribution >= 0.6 is 7.60 Å². The normalized spacial score (nSPS) is 30.6. The Morgan fingerprint density at radius 3 is 1.91 bits per heavy atom. The quantitative estimate of drug-likeness (QED) is 0.0528. The number of hydrogen-bond acceptors (Lipinski definition) is 15. The molecule has 9 N–H and O–H groups in total. The summed E-state index contributed by atoms with van der Waals surface area (Å²) in [6, 6.07) is 20.3. The monoisotopic (exact) mass is 913 g/mol. The van der Waals surface area contributed by atoms with Gasteiger partial charge in [-0.15, -0.1) is 5.75 Å². The van der Waals surface area contributed by atoms with Gasteiger partial charge in [0.15, 0.2) is 24.8 Å². The van der Waals surface area contributed by atoms with Gasteiger partial charge in [-0.1, -0.05) is 66.8 Å². The molecule has 3 fully saturated rings. The summed E-state index contributed by atoms with van der Waals surface area (Å²) in [6.07, 6.45) is -25.9. The zero-order chi connectivity index (χ0) is 46.4. The van der Waals surface area contributed by atoms with Crippen LogP contribution in [-0.4, -0.2) is 131 Å². The maximum atomic E-state index is 14.6. The first-order valence-corrected chi connectivity index (χ1v) is 21.1. The van der Waals surface area contributed by atoms with Gasteiger partial charge in [-0.05, 0) is 58.7 Å². The van der Waals surface area contributed by atoms with Gasteiger partial charge in [0.25, 0.3) is 0 Å². The molecule has 3 saturated heterocycles. The van der Waals surface area contributed by atoms with Gasteiger partial charge in [0.05, 0.1) is 41.7 Å². The number of carbonyl (C=O) groups is 3. The summed E-state index contributed by atoms with van der Waals surface area (Å²) in [5.41, 5.74) is 1.00. The van der Waals surface area contributed by atoms with E-state index in [1.54, 1.807) is 30.3 Å². The average molecular weight is 914 g/mol. The second kappa shape index (κ2) is 18.7. The Morgan fingerprint density at radius 1 is 0.750 bits per heavy atom. The number of aliphatic hydroxyl groups excluding tert-OH is 5. The van der Waals surface area contributed by atoms with Crippen LogP contribution in [-0.2, 0) is 37.9 Å². The highest BCUT2D eigenvalue weighted by Crippen LogP contribution is 2.50. The lowest BCUT2D eigenvalue weighted by molar-refractivity contribution is -0.487. The van der Waals surface area contributed by atoms with E-state index in [4.69, 9.17) is 18.9 Å². The molecule has 22 heteroatoms. The molecule has 4 aromatic rings. The first kappa shape index (κ1) is 46.8. The molecule has 0 spiro atoms. The fourth-order valence-electron chi connectivity index (χ4n) is 7.98. The van der Waals surface area contributed by atoms with Crippen LogP contribution < -0.4 is 20.4 Å². The molecular weight excluding hydrogens is 872 g/mol. The van der Waals surface area contributed by atoms with E-state index in [0.717, 1.165) is 12.1 Å². The maximum Gasteiger partial charge on any atom is 0.356 e. The highest BCUT2D eigenvalue weighted by molar-refractivity contribution is 7.60. The second-order valence-electron chi connectivity index (χ2n) is 15.4. The number of halogens is 1. The van der Waals surface area contributed by atoms with Crippen LogP contribution in [0.3, 0.4) is 0 Å². The number of carboxylic acids is 2. The van der Waals surface area contributed by atoms with Crippen molar-refractivity contribution >= 4 is 36.4 Å². The molecule has 0 aliphatic carbocycles. The molecule has 342 valence electrons. The van der Waals surface area contributed by atoms with Gasteiger partial charge >= 0.3 is 19.5 Å². The first-order valence-electron chi connectivity index (χ1n) is 19.5. The smallest absolute Gasteiger partial charge is 0.356 e. The Morgan fingerprint density at radius 2 is 1.33 bits per heavy atom. The van der Waals surface area contributed by atoms with Crippen molar-refractivity contribution in [3.05, 3.63) is 114 Å². The summed E-state index contributed by atoms with van der Waals surface area (Å²) >= 11 is 0. The van der Waals surface area contributed by atoms with Crippen molar-refractivity contribution < 1.29 is 98.0 Å². The number of rotatable bonds is 14. The third-order valence-corrected chi connectivity index (χ3v) is 12.3. The predicted molar refractivity (Wildman–Crippen MR) is 209 cm³/mol. The van der Waals surface area contributed by atoms with Crippen molar-refractivity contribution in [1.29, 1.82) is 0 Å². The number of carbonyl (C=O) groups excluding carboxylic acids is 1. The molecular formula is C42H41FNO19P-2. The van der Waals surface area contributed by atoms with E-state index in [9.17, 15) is 79.1 Å². The van der Waals surface area contributed by atoms with Gasteiger partial charge in [-0.25, -0.2) is 14.0 Å². The predicted octanol–water partition coefficient (Wildman–Crippen LogP) is -1.24. The summed E-state index contributed by atoms with van der Waals surface area (Å²) < 4.78 is 49.0. The van der Waals surface area contributed by atoms with Crippen molar-refractivity contribution in [2.24, 2.45) is 5.92 Å². The fourth-order valence-corrected chi connectivity index (χ4v) is 8.52. The van der Waals surface area contributed by atoms with E-state index < -0.39 is 129 Å². The van der Waals surface area contributed by atoms with Gasteiger partial charge < -0.3 is 79.6 Å². The van der Waals surface area contributed by atoms with Crippen LogP contribution in [0.2, 0.25) is 0 Å². The molecule has 14 atom stereocenters. The number of benzene rings is 4. The number of anilines is 1. The number of β-lactam (4-membered cyclic amide) rings is 1. The van der Waals surface area contributed by atoms with Crippen LogP contribution in [0.15, 0.2) is 97.1 Å². The van der Waals surface area contributed by atoms with Crippen LogP contribution in [0.1, 0.15) is 29.7 Å². The molecule has 4 unspecified atom stereocenters. The molecule has 20 nitrogen and oxygen atoms in total. The van der Waals surface area contributed by atoms with Crippen LogP contribution in [0.5, 0.6) is 5.75 Å². The number of amides is 1. The second-order valence-corrected chi connectivity index (χ2v) is 17.0. The van der Waals surface area contributed by atoms with Crippen LogP contribution in [0, 0.1) is 11.7 Å². The molecule has 7 rings (SSSR count). The summed E-state index contributed by atoms with van der Waals surface area (Å²) in [4.78, 5) is 59.0. The number of nitrogens with zero attached hydrogens (tertiary/aromatic N) is 1. The van der Waals surface area contributed by atoms with Gasteiger partial charge in [-0.2, -0.15) is 0 Å². The molecule has 4 aromatic carbocycles. The number of carboxylic acid groups (broad SMARTS) is 2. The number of para-hydroxylation sites is 1. The molecule has 0 aromatic heterocycles. The Balaban J connectivity index is 1.33. The van der Waals surface area contributed by atoms with Crippen molar-refractivity contribution in [3.63, 3.8) is 0 Å². The Labute approximate surface area is 361 Å². The minimum absolute atomic E-state index is 0.0283. The molecule has 0 radical (unpaired) electrons. The summed E-state index contributed by atoms with van der Waals surface area (Å²) in [7, 11) is -4.59. The Bertz CT molecular complexity index is 2370. The lowest BCUT2D eigenvalue weighted by Crippen LogP contribution is -2.65. The van der Waals surface area contributed by atoms with Gasteiger partial charge in [-0.3, -0.25) is 9.36 Å². The highest BCUT2D eigenvalue weighted by atomic mass is 31.2. The lowest BCUT2D eigenvalue weighted by Gasteiger charge is -2.52. The topological polar surface area (TPSA) is 337 Å². The highest BCUT2D eigenvalue weighted by Gasteiger charge is 2.56. The number of hydrogen-bond donors (Lipinski definition) is 9. The number of ether oxygens (including phenoxy) is 4. The van der Waals surface area contributed by atoms with E-state index in [1.165, 1.54) is 59.5 Å². The minimum Gasteiger partial charge on any atom is -0.872 e. The zero-order valence-electron chi connectivity index (χ0n) is 32.9. The molecule has 0 bridgehead atoms. The molecule has 64 heavy (non-hydrogen) atoms. The summed E-state index contributed by atoms with van der Waals surface area (Å²) in [5.74, 6) is -7.20. The van der Waals surface area contributed by atoms with Crippen molar-refractivity contribution in [3.8, 4) is 16.9 Å². The van der Waals surface area contributed by atoms with Gasteiger partial charge in [0.2, 0.25) is 5.91 Å². The molecule has 3 heterocycles. The Hall–Kier alpha value is -5.23. The zero-order valence-corrected chi connectivity index (χ0v) is 33.8. The van der Waals surface area contributed by atoms with Crippen molar-refractivity contribution in [1.82, 2.24) is 0 Å². The average Bonchev–Trinajstić information content (AvgIpc) is 3.25. The lowest BCUT2D eigenvalue weighted by atomic mass is 9.75. The van der Waals surface area contributed by atoms with Crippen LogP contribution in [0.4, 0.5) is 10.1 Å². The summed E-state index contributed by atoms with van der Waals surface area (Å²) in [5, 5.41) is 99.6. The van der Waals surface area contributed by atoms with Gasteiger partial charge in [0, 0.05) is 12.1 Å². The molecule has 3 aliphatic heterocycles. The number of aliphatic hydroxyl groups is 5. The first-order chi connectivity index (χ1) is 30.3. The minimum atomic E-state index is -4.59. The van der Waals surface area contributed by atoms with E-state index in [2.05, 4.69) is 0 Å². The maximum absolute atomic E-state index is 14.6. The van der Waals surface area contributed by atoms with E-state index in [-0.39, 0.29) is 22.1 Å². The van der Waals surface area contributed by atoms with Crippen molar-refractivity contribution in [2.75, 3.05) is 4.90 Å². The molecule has 3 aliphatic rings. The van der Waals surface area contributed by atoms with E-state index in [1.807, 2.05) is 0 Å². The number of aliphatic carboxylic acids is 2. The van der Waals surface area contributed by atoms with Crippen LogP contribution in [0.25, 0.3) is 11.1 Å². The third-order valence-electron chi connectivity index (χ3n) is 11.3. The standard InChI is InChI=1S/C42H42FNO19P/c43-21-11-6-19(7-12-21)26(60-41-34(50)30(46)32(48)36(62-41)39(53)54)17-27(61-42-35(51)31(47)33(49)37(63-42)40(55)56)28-29(44(38(28)52)22-4-2-1-3-5-22)24-15-10-20(16-25(24)45)18-8-13-23(14-9-18)64(57,58)59/h1-16,26-37,41-42,45,47-51H,17H2,(H,53,54)(H,55,56)(H2,57,58,59)/q-1/p-1/t26-,27+,28+,29+,30?,31?,32+,33+,34+,35+,36?,37?,41-,42-/m0/s1. The third kappa shape index (κ3) is 9.30. The Kier molecular flexibility index (Phi) is 13.7. The molecule has 1 amide bonds. The largest absolute Gasteiger partial charge is 0.872 e. The SMILES string of the molecule is O=C(O)C1O[C@H](O[C@@H](C[C@@H](O[C@H]2OC(C(=O)O)[C@H](O)C(O)[C@H]2O)[C@H]2C(=O)N(c3ccccc3)[C@@H]2c2ccc(-c3ccc(P(=O)(O)O)cc3)cc2[O-])c2ccc(F)cc2)[C@H](O)C([O-])[C@H]1O. The van der Waals surface area contributed by atoms with Crippen molar-refractivity contribution in [2.45, 2.75) is 86.1 Å². The summed E-state index contributed by atoms with van der Waals surface area (Å²) in [6.45, 7) is 0.